The molecule has 166 valence electrons. The summed E-state index contributed by atoms with van der Waals surface area (Å²) in [5.41, 5.74) is 3.54. The van der Waals surface area contributed by atoms with E-state index in [9.17, 15) is 9.59 Å². The van der Waals surface area contributed by atoms with Crippen molar-refractivity contribution in [2.75, 3.05) is 19.7 Å². The van der Waals surface area contributed by atoms with Gasteiger partial charge in [0.15, 0.2) is 0 Å². The van der Waals surface area contributed by atoms with Crippen LogP contribution in [0.3, 0.4) is 0 Å². The van der Waals surface area contributed by atoms with E-state index in [0.717, 1.165) is 30.7 Å². The number of ether oxygens (including phenoxy) is 1. The molecule has 0 saturated heterocycles. The van der Waals surface area contributed by atoms with Crippen LogP contribution in [0.2, 0.25) is 0 Å². The third-order valence-corrected chi connectivity index (χ3v) is 5.64. The number of amides is 3. The third kappa shape index (κ3) is 6.23. The Labute approximate surface area is 185 Å². The Bertz CT molecular complexity index is 884. The maximum atomic E-state index is 12.5. The topological polar surface area (TPSA) is 70.7 Å². The van der Waals surface area contributed by atoms with Crippen molar-refractivity contribution in [2.45, 2.75) is 52.1 Å². The highest BCUT2D eigenvalue weighted by Gasteiger charge is 2.20. The van der Waals surface area contributed by atoms with Crippen molar-refractivity contribution < 1.29 is 14.3 Å². The Morgan fingerprint density at radius 3 is 2.58 bits per heavy atom. The molecule has 0 aromatic heterocycles. The van der Waals surface area contributed by atoms with Gasteiger partial charge in [0, 0.05) is 31.6 Å². The van der Waals surface area contributed by atoms with E-state index in [1.165, 1.54) is 11.1 Å². The van der Waals surface area contributed by atoms with Crippen LogP contribution < -0.4 is 15.4 Å². The van der Waals surface area contributed by atoms with Gasteiger partial charge in [0.2, 0.25) is 5.91 Å². The van der Waals surface area contributed by atoms with E-state index in [-0.39, 0.29) is 18.0 Å². The fourth-order valence-corrected chi connectivity index (χ4v) is 3.97. The summed E-state index contributed by atoms with van der Waals surface area (Å²) in [7, 11) is 0. The summed E-state index contributed by atoms with van der Waals surface area (Å²) < 4.78 is 5.69. The van der Waals surface area contributed by atoms with Gasteiger partial charge < -0.3 is 20.3 Å². The summed E-state index contributed by atoms with van der Waals surface area (Å²) in [6, 6.07) is 15.7. The molecule has 1 atom stereocenters. The zero-order chi connectivity index (χ0) is 22.1. The van der Waals surface area contributed by atoms with E-state index in [1.54, 1.807) is 0 Å². The number of carbonyl (C=O) groups is 2. The molecule has 3 amide bonds. The second kappa shape index (κ2) is 11.4. The molecule has 1 unspecified atom stereocenters. The van der Waals surface area contributed by atoms with Crippen LogP contribution in [0.25, 0.3) is 0 Å². The average molecular weight is 424 g/mol. The number of hydrogen-bond acceptors (Lipinski definition) is 3. The van der Waals surface area contributed by atoms with Crippen LogP contribution in [-0.2, 0) is 17.8 Å². The monoisotopic (exact) mass is 423 g/mol. The van der Waals surface area contributed by atoms with Gasteiger partial charge in [-0.15, -0.1) is 0 Å². The van der Waals surface area contributed by atoms with Gasteiger partial charge in [-0.3, -0.25) is 4.79 Å². The first-order valence-electron chi connectivity index (χ1n) is 11.2. The smallest absolute Gasteiger partial charge is 0.315 e. The number of hydrogen-bond donors (Lipinski definition) is 2. The number of nitrogens with zero attached hydrogens (tertiary/aromatic N) is 1. The van der Waals surface area contributed by atoms with Crippen molar-refractivity contribution in [2.24, 2.45) is 0 Å². The molecule has 6 heteroatoms. The van der Waals surface area contributed by atoms with Gasteiger partial charge in [-0.05, 0) is 43.4 Å². The van der Waals surface area contributed by atoms with Crippen LogP contribution in [-0.4, -0.2) is 36.5 Å². The van der Waals surface area contributed by atoms with Gasteiger partial charge in [0.25, 0.3) is 0 Å². The lowest BCUT2D eigenvalue weighted by Gasteiger charge is -2.29. The number of fused-ring (bicyclic) bond motifs is 1. The maximum absolute atomic E-state index is 12.5. The summed E-state index contributed by atoms with van der Waals surface area (Å²) >= 11 is 0. The van der Waals surface area contributed by atoms with Crippen LogP contribution in [0.4, 0.5) is 4.79 Å². The second-order valence-electron chi connectivity index (χ2n) is 7.77. The highest BCUT2D eigenvalue weighted by atomic mass is 16.5. The van der Waals surface area contributed by atoms with Crippen LogP contribution in [0, 0.1) is 0 Å². The minimum absolute atomic E-state index is 0.127. The number of benzene rings is 2. The van der Waals surface area contributed by atoms with Crippen molar-refractivity contribution in [1.29, 1.82) is 0 Å². The normalized spacial score (nSPS) is 13.8. The summed E-state index contributed by atoms with van der Waals surface area (Å²) in [5.74, 6) is 0.944. The van der Waals surface area contributed by atoms with Crippen molar-refractivity contribution in [1.82, 2.24) is 15.5 Å². The van der Waals surface area contributed by atoms with Crippen molar-refractivity contribution >= 4 is 11.9 Å². The first kappa shape index (κ1) is 22.7. The molecule has 3 rings (SSSR count). The lowest BCUT2D eigenvalue weighted by molar-refractivity contribution is -0.132. The summed E-state index contributed by atoms with van der Waals surface area (Å²) in [4.78, 5) is 26.8. The minimum atomic E-state index is -0.225. The molecule has 2 N–H and O–H groups in total. The molecule has 6 nitrogen and oxygen atoms in total. The van der Waals surface area contributed by atoms with Crippen molar-refractivity contribution in [3.8, 4) is 5.75 Å². The van der Waals surface area contributed by atoms with E-state index in [0.29, 0.717) is 32.5 Å². The molecule has 0 saturated carbocycles. The van der Waals surface area contributed by atoms with E-state index in [4.69, 9.17) is 4.74 Å². The lowest BCUT2D eigenvalue weighted by Crippen LogP contribution is -2.39. The summed E-state index contributed by atoms with van der Waals surface area (Å²) in [6.07, 6.45) is 2.72. The Balaban J connectivity index is 1.41. The number of para-hydroxylation sites is 1. The Kier molecular flexibility index (Phi) is 8.33. The number of nitrogens with one attached hydrogen (secondary N) is 2. The predicted octanol–water partition coefficient (Wildman–Crippen LogP) is 4.20. The van der Waals surface area contributed by atoms with Crippen molar-refractivity contribution in [3.63, 3.8) is 0 Å². The molecule has 31 heavy (non-hydrogen) atoms. The molecule has 0 aliphatic carbocycles. The molecule has 0 bridgehead atoms. The largest absolute Gasteiger partial charge is 0.494 e. The van der Waals surface area contributed by atoms with Gasteiger partial charge >= 0.3 is 6.03 Å². The first-order chi connectivity index (χ1) is 15.1. The number of carbonyl (C=O) groups excluding carboxylic acids is 2. The summed E-state index contributed by atoms with van der Waals surface area (Å²) in [6.45, 7) is 6.47. The Morgan fingerprint density at radius 2 is 1.81 bits per heavy atom. The lowest BCUT2D eigenvalue weighted by atomic mass is 9.99. The standard InChI is InChI=1S/C25H33N3O3/c1-3-22(21-12-7-8-13-23(21)31-4-2)27-25(30)26-16-9-14-24(29)28-17-15-19-10-5-6-11-20(19)18-28/h5-8,10-13,22H,3-4,9,14-18H2,1-2H3,(H2,26,27,30). The average Bonchev–Trinajstić information content (AvgIpc) is 2.80. The van der Waals surface area contributed by atoms with Gasteiger partial charge in [-0.1, -0.05) is 49.4 Å². The Hall–Kier alpha value is -3.02. The molecular formula is C25H33N3O3. The van der Waals surface area contributed by atoms with Gasteiger partial charge in [-0.2, -0.15) is 0 Å². The van der Waals surface area contributed by atoms with E-state index < -0.39 is 0 Å². The summed E-state index contributed by atoms with van der Waals surface area (Å²) in [5, 5.41) is 5.90. The number of urea groups is 1. The zero-order valence-corrected chi connectivity index (χ0v) is 18.5. The highest BCUT2D eigenvalue weighted by Crippen LogP contribution is 2.27. The molecule has 0 spiro atoms. The first-order valence-corrected chi connectivity index (χ1v) is 11.2. The van der Waals surface area contributed by atoms with Crippen LogP contribution >= 0.6 is 0 Å². The fraction of sp³-hybridized carbons (Fsp3) is 0.440. The zero-order valence-electron chi connectivity index (χ0n) is 18.5. The Morgan fingerprint density at radius 1 is 1.06 bits per heavy atom. The molecule has 1 aliphatic heterocycles. The molecule has 1 aliphatic rings. The van der Waals surface area contributed by atoms with Gasteiger partial charge in [0.1, 0.15) is 5.75 Å². The minimum Gasteiger partial charge on any atom is -0.494 e. The second-order valence-corrected chi connectivity index (χ2v) is 7.77. The quantitative estimate of drug-likeness (QED) is 0.594. The predicted molar refractivity (Wildman–Crippen MR) is 122 cm³/mol. The maximum Gasteiger partial charge on any atom is 0.315 e. The molecule has 0 fully saturated rings. The number of rotatable bonds is 9. The van der Waals surface area contributed by atoms with Crippen molar-refractivity contribution in [3.05, 3.63) is 65.2 Å². The van der Waals surface area contributed by atoms with Crippen LogP contribution in [0.15, 0.2) is 48.5 Å². The van der Waals surface area contributed by atoms with Gasteiger partial charge in [0.05, 0.1) is 12.6 Å². The molecule has 2 aromatic carbocycles. The van der Waals surface area contributed by atoms with Crippen LogP contribution in [0.5, 0.6) is 5.75 Å². The highest BCUT2D eigenvalue weighted by molar-refractivity contribution is 5.77. The molecular weight excluding hydrogens is 390 g/mol. The SMILES string of the molecule is CCOc1ccccc1C(CC)NC(=O)NCCCC(=O)N1CCc2ccccc2C1. The van der Waals surface area contributed by atoms with Crippen LogP contribution in [0.1, 0.15) is 55.8 Å². The van der Waals surface area contributed by atoms with Gasteiger partial charge in [-0.25, -0.2) is 4.79 Å². The van der Waals surface area contributed by atoms with E-state index >= 15 is 0 Å². The molecule has 1 heterocycles. The molecule has 0 radical (unpaired) electrons. The fourth-order valence-electron chi connectivity index (χ4n) is 3.97. The third-order valence-electron chi connectivity index (χ3n) is 5.64. The molecule has 2 aromatic rings. The van der Waals surface area contributed by atoms with E-state index in [2.05, 4.69) is 22.8 Å². The van der Waals surface area contributed by atoms with E-state index in [1.807, 2.05) is 55.1 Å².